The number of carbonyl (C=O) groups excluding carboxylic acids is 2. The number of ether oxygens (including phenoxy) is 3. The molecule has 5 aliphatic heterocycles. The van der Waals surface area contributed by atoms with Crippen LogP contribution < -0.4 is 22.1 Å². The Hall–Kier alpha value is -2.21. The van der Waals surface area contributed by atoms with E-state index in [2.05, 4.69) is 41.2 Å². The van der Waals surface area contributed by atoms with E-state index in [1.54, 1.807) is 0 Å². The standard InChI is InChI=1S/C36H62N6O5/c1-3-29-15-7-8-19-35(47-29)26-28-17-18-30-32(36(20-12-14-27(2)46-36)40-34(39-35)42(28)30)33(44)45-25-11-5-4-6-16-31(43)41(24-13-22-38)23-10-9-21-37/h7,15,27-30,32H,3-6,8-14,16-26,37-38H2,1-2H3,(H,39,40)/p+1/t27-,28+,29+,30-,32-,35+,36-/m1/s1. The Kier molecular flexibility index (Phi) is 13.0. The average Bonchev–Trinajstić information content (AvgIpc) is 3.36. The third-order valence-corrected chi connectivity index (χ3v) is 11.0. The minimum absolute atomic E-state index is 0.0304. The van der Waals surface area contributed by atoms with Gasteiger partial charge in [-0.25, -0.2) is 10.6 Å². The zero-order chi connectivity index (χ0) is 33.3. The number of amides is 1. The highest BCUT2D eigenvalue weighted by Crippen LogP contribution is 2.45. The molecule has 11 nitrogen and oxygen atoms in total. The fraction of sp³-hybridized carbons (Fsp3) is 0.861. The van der Waals surface area contributed by atoms with E-state index in [4.69, 9.17) is 25.7 Å². The van der Waals surface area contributed by atoms with Crippen molar-refractivity contribution >= 4 is 17.8 Å². The number of rotatable bonds is 16. The Balaban J connectivity index is 1.16. The molecule has 2 spiro atoms. The van der Waals surface area contributed by atoms with Crippen molar-refractivity contribution in [1.29, 1.82) is 0 Å². The van der Waals surface area contributed by atoms with Crippen molar-refractivity contribution in [2.45, 2.75) is 159 Å². The van der Waals surface area contributed by atoms with Crippen LogP contribution in [0.25, 0.3) is 0 Å². The second kappa shape index (κ2) is 16.9. The Bertz CT molecular complexity index is 1120. The van der Waals surface area contributed by atoms with Crippen LogP contribution in [-0.2, 0) is 23.8 Å². The first-order chi connectivity index (χ1) is 22.8. The summed E-state index contributed by atoms with van der Waals surface area (Å²) in [7, 11) is 0. The predicted molar refractivity (Wildman–Crippen MR) is 182 cm³/mol. The molecule has 5 aliphatic rings. The molecule has 1 amide bonds. The van der Waals surface area contributed by atoms with E-state index >= 15 is 0 Å². The molecule has 2 fully saturated rings. The van der Waals surface area contributed by atoms with Crippen molar-refractivity contribution in [2.24, 2.45) is 17.4 Å². The van der Waals surface area contributed by atoms with Gasteiger partial charge in [-0.15, -0.1) is 0 Å². The molecule has 0 bridgehead atoms. The van der Waals surface area contributed by atoms with Crippen LogP contribution in [0.3, 0.4) is 0 Å². The van der Waals surface area contributed by atoms with Crippen LogP contribution in [-0.4, -0.2) is 95.8 Å². The molecule has 0 unspecified atom stereocenters. The first-order valence-electron chi connectivity index (χ1n) is 18.9. The van der Waals surface area contributed by atoms with Crippen molar-refractivity contribution in [3.63, 3.8) is 0 Å². The molecule has 5 heterocycles. The fourth-order valence-corrected chi connectivity index (χ4v) is 8.64. The van der Waals surface area contributed by atoms with Gasteiger partial charge in [-0.05, 0) is 90.6 Å². The second-order valence-corrected chi connectivity index (χ2v) is 14.6. The van der Waals surface area contributed by atoms with Gasteiger partial charge in [0.2, 0.25) is 11.6 Å². The first kappa shape index (κ1) is 36.1. The second-order valence-electron chi connectivity index (χ2n) is 14.6. The van der Waals surface area contributed by atoms with Gasteiger partial charge in [-0.3, -0.25) is 14.2 Å². The van der Waals surface area contributed by atoms with E-state index < -0.39 is 17.4 Å². The van der Waals surface area contributed by atoms with Gasteiger partial charge in [0.05, 0.1) is 30.9 Å². The highest BCUT2D eigenvalue weighted by molar-refractivity contribution is 5.82. The van der Waals surface area contributed by atoms with E-state index in [0.717, 1.165) is 122 Å². The number of nitrogens with zero attached hydrogens (tertiary/aromatic N) is 2. The van der Waals surface area contributed by atoms with Gasteiger partial charge in [0, 0.05) is 38.8 Å². The molecule has 0 saturated carbocycles. The van der Waals surface area contributed by atoms with Crippen molar-refractivity contribution in [3.8, 4) is 0 Å². The highest BCUT2D eigenvalue weighted by atomic mass is 16.6. The largest absolute Gasteiger partial charge is 0.465 e. The first-order valence-corrected chi connectivity index (χ1v) is 18.9. The third kappa shape index (κ3) is 8.69. The number of nitrogens with one attached hydrogen (secondary N) is 2. The van der Waals surface area contributed by atoms with Crippen LogP contribution in [0, 0.1) is 5.92 Å². The Morgan fingerprint density at radius 1 is 1.00 bits per heavy atom. The van der Waals surface area contributed by atoms with Gasteiger partial charge >= 0.3 is 11.9 Å². The van der Waals surface area contributed by atoms with Crippen molar-refractivity contribution in [2.75, 3.05) is 32.8 Å². The molecule has 0 radical (unpaired) electrons. The van der Waals surface area contributed by atoms with E-state index in [-0.39, 0.29) is 30.1 Å². The molecular weight excluding hydrogens is 596 g/mol. The molecule has 11 heteroatoms. The minimum atomic E-state index is -0.793. The zero-order valence-electron chi connectivity index (χ0n) is 29.2. The Morgan fingerprint density at radius 2 is 1.81 bits per heavy atom. The van der Waals surface area contributed by atoms with Crippen LogP contribution in [0.15, 0.2) is 12.2 Å². The molecular formula is C36H63N6O5+. The van der Waals surface area contributed by atoms with Crippen molar-refractivity contribution in [1.82, 2.24) is 15.5 Å². The van der Waals surface area contributed by atoms with Crippen molar-refractivity contribution in [3.05, 3.63) is 12.2 Å². The molecule has 5 rings (SSSR count). The smallest absolute Gasteiger partial charge is 0.350 e. The van der Waals surface area contributed by atoms with Gasteiger partial charge < -0.3 is 30.6 Å². The lowest BCUT2D eigenvalue weighted by atomic mass is 9.80. The number of hydrogen-bond donors (Lipinski definition) is 4. The summed E-state index contributed by atoms with van der Waals surface area (Å²) < 4.78 is 22.0. The van der Waals surface area contributed by atoms with Crippen molar-refractivity contribution < 1.29 is 28.4 Å². The van der Waals surface area contributed by atoms with E-state index in [1.807, 2.05) is 4.90 Å². The molecule has 266 valence electrons. The number of hydrogen-bond acceptors (Lipinski definition) is 9. The summed E-state index contributed by atoms with van der Waals surface area (Å²) in [6, 6.07) is 0.338. The van der Waals surface area contributed by atoms with Gasteiger partial charge in [-0.2, -0.15) is 0 Å². The molecule has 0 aliphatic carbocycles. The molecule has 0 aromatic carbocycles. The number of carbonyl (C=O) groups is 2. The third-order valence-electron chi connectivity index (χ3n) is 11.0. The number of unbranched alkanes of at least 4 members (excludes halogenated alkanes) is 4. The number of nitrogens with two attached hydrogens (primary N) is 2. The highest BCUT2D eigenvalue weighted by Gasteiger charge is 2.64. The molecule has 6 N–H and O–H groups in total. The fourth-order valence-electron chi connectivity index (χ4n) is 8.64. The van der Waals surface area contributed by atoms with Crippen LogP contribution in [0.2, 0.25) is 0 Å². The van der Waals surface area contributed by atoms with Gasteiger partial charge in [-0.1, -0.05) is 31.9 Å². The van der Waals surface area contributed by atoms with Crippen LogP contribution in [0.5, 0.6) is 0 Å². The summed E-state index contributed by atoms with van der Waals surface area (Å²) in [6.45, 7) is 7.40. The maximum atomic E-state index is 14.0. The number of esters is 1. The SMILES string of the molecule is CC[C@H]1C=CCC[C@@]2(C[C@@H]3CC[C@@H]4[C@H](C(=O)OCCCCCCC(=O)N(CCCN)CCCCN)[C@]5(CCC[C@@H](C)O5)NC(=[N+]34)N2)O1. The minimum Gasteiger partial charge on any atom is -0.465 e. The Labute approximate surface area is 282 Å². The van der Waals surface area contributed by atoms with E-state index in [1.165, 1.54) is 0 Å². The summed E-state index contributed by atoms with van der Waals surface area (Å²) in [6.07, 6.45) is 19.8. The summed E-state index contributed by atoms with van der Waals surface area (Å²) >= 11 is 0. The van der Waals surface area contributed by atoms with Crippen LogP contribution in [0.4, 0.5) is 0 Å². The topological polar surface area (TPSA) is 144 Å². The number of guanidine groups is 1. The maximum absolute atomic E-state index is 14.0. The lowest BCUT2D eigenvalue weighted by Gasteiger charge is -2.50. The quantitative estimate of drug-likeness (QED) is 0.0845. The molecule has 7 atom stereocenters. The zero-order valence-corrected chi connectivity index (χ0v) is 29.2. The lowest BCUT2D eigenvalue weighted by molar-refractivity contribution is -0.609. The summed E-state index contributed by atoms with van der Waals surface area (Å²) in [4.78, 5) is 28.8. The van der Waals surface area contributed by atoms with Gasteiger partial charge in [0.15, 0.2) is 11.6 Å². The molecule has 0 aromatic rings. The molecule has 2 saturated heterocycles. The summed E-state index contributed by atoms with van der Waals surface area (Å²) in [5.41, 5.74) is 10.1. The maximum Gasteiger partial charge on any atom is 0.350 e. The van der Waals surface area contributed by atoms with E-state index in [0.29, 0.717) is 32.2 Å². The summed E-state index contributed by atoms with van der Waals surface area (Å²) in [5.74, 6) is 0.622. The van der Waals surface area contributed by atoms with E-state index in [9.17, 15) is 9.59 Å². The average molecular weight is 660 g/mol. The summed E-state index contributed by atoms with van der Waals surface area (Å²) in [5, 5.41) is 7.61. The van der Waals surface area contributed by atoms with Gasteiger partial charge in [0.25, 0.3) is 0 Å². The number of allylic oxidation sites excluding steroid dienone is 1. The van der Waals surface area contributed by atoms with Crippen LogP contribution >= 0.6 is 0 Å². The molecule has 0 aromatic heterocycles. The lowest BCUT2D eigenvalue weighted by Crippen LogP contribution is -2.76. The monoisotopic (exact) mass is 659 g/mol. The molecule has 47 heavy (non-hydrogen) atoms. The predicted octanol–water partition coefficient (Wildman–Crippen LogP) is 3.64. The Morgan fingerprint density at radius 3 is 2.60 bits per heavy atom. The van der Waals surface area contributed by atoms with Crippen LogP contribution in [0.1, 0.15) is 123 Å². The van der Waals surface area contributed by atoms with Gasteiger partial charge in [0.1, 0.15) is 0 Å². The normalized spacial score (nSPS) is 32.9.